The molecule has 9 nitrogen and oxygen atoms in total. The van der Waals surface area contributed by atoms with Crippen molar-refractivity contribution in [1.82, 2.24) is 10.6 Å². The Morgan fingerprint density at radius 3 is 2.05 bits per heavy atom. The molecule has 2 N–H and O–H groups in total. The van der Waals surface area contributed by atoms with E-state index < -0.39 is 25.3 Å². The summed E-state index contributed by atoms with van der Waals surface area (Å²) in [7, 11) is -3.79. The second-order valence-corrected chi connectivity index (χ2v) is 6.52. The number of urea groups is 1. The average molecular weight is 292 g/mol. The molecule has 3 unspecified atom stereocenters. The van der Waals surface area contributed by atoms with Gasteiger partial charge in [0.25, 0.3) is 5.91 Å². The lowest BCUT2D eigenvalue weighted by Crippen LogP contribution is -2.31. The Balaban J connectivity index is 1.67. The van der Waals surface area contributed by atoms with Crippen molar-refractivity contribution in [3.05, 3.63) is 0 Å². The zero-order valence-electron chi connectivity index (χ0n) is 9.87. The third-order valence-corrected chi connectivity index (χ3v) is 4.77. The van der Waals surface area contributed by atoms with Crippen molar-refractivity contribution in [1.29, 1.82) is 0 Å². The second kappa shape index (κ2) is 4.84. The van der Waals surface area contributed by atoms with Crippen LogP contribution in [0.5, 0.6) is 0 Å². The number of carbonyl (C=O) groups excluding carboxylic acids is 2. The number of ether oxygens (including phenoxy) is 2. The van der Waals surface area contributed by atoms with Crippen LogP contribution in [-0.4, -0.2) is 56.4 Å². The van der Waals surface area contributed by atoms with Crippen molar-refractivity contribution in [3.8, 4) is 0 Å². The summed E-state index contributed by atoms with van der Waals surface area (Å²) in [5.41, 5.74) is 0. The fraction of sp³-hybridized carbons (Fsp3) is 0.778. The summed E-state index contributed by atoms with van der Waals surface area (Å²) in [4.78, 5) is 22.6. The van der Waals surface area contributed by atoms with Gasteiger partial charge in [-0.05, 0) is 0 Å². The molecule has 0 aromatic heterocycles. The van der Waals surface area contributed by atoms with Crippen LogP contribution in [0.25, 0.3) is 0 Å². The summed E-state index contributed by atoms with van der Waals surface area (Å²) >= 11 is 0. The number of carbonyl (C=O) groups is 2. The molecule has 3 heterocycles. The van der Waals surface area contributed by atoms with E-state index in [2.05, 4.69) is 5.32 Å². The van der Waals surface area contributed by atoms with E-state index in [4.69, 9.17) is 18.5 Å². The second-order valence-electron chi connectivity index (χ2n) is 4.41. The van der Waals surface area contributed by atoms with Crippen LogP contribution >= 0.6 is 7.60 Å². The molecule has 3 rings (SSSR count). The van der Waals surface area contributed by atoms with Crippen LogP contribution in [0.1, 0.15) is 0 Å². The summed E-state index contributed by atoms with van der Waals surface area (Å²) in [5.74, 6) is -2.04. The maximum absolute atomic E-state index is 12.6. The van der Waals surface area contributed by atoms with Gasteiger partial charge in [-0.1, -0.05) is 0 Å². The van der Waals surface area contributed by atoms with Crippen molar-refractivity contribution in [2.24, 2.45) is 0 Å². The van der Waals surface area contributed by atoms with E-state index in [1.54, 1.807) is 0 Å². The van der Waals surface area contributed by atoms with Gasteiger partial charge in [-0.15, -0.1) is 0 Å². The number of hydrogen-bond donors (Lipinski definition) is 2. The summed E-state index contributed by atoms with van der Waals surface area (Å²) < 4.78 is 32.9. The molecule has 0 aromatic carbocycles. The first-order valence-corrected chi connectivity index (χ1v) is 7.41. The molecule has 106 valence electrons. The Hall–Kier alpha value is -0.990. The fourth-order valence-electron chi connectivity index (χ4n) is 1.52. The fourth-order valence-corrected chi connectivity index (χ4v) is 3.27. The topological polar surface area (TPSA) is 119 Å². The summed E-state index contributed by atoms with van der Waals surface area (Å²) in [5, 5.41) is 4.23. The average Bonchev–Trinajstić information content (AvgIpc) is 3.25. The lowest BCUT2D eigenvalue weighted by molar-refractivity contribution is -0.118. The molecular formula is C9H13N2O7P. The quantitative estimate of drug-likeness (QED) is 0.357. The normalized spacial score (nSPS) is 35.5. The van der Waals surface area contributed by atoms with E-state index in [0.717, 1.165) is 0 Å². The smallest absolute Gasteiger partial charge is 0.362 e. The van der Waals surface area contributed by atoms with Crippen molar-refractivity contribution >= 4 is 19.5 Å². The van der Waals surface area contributed by atoms with Gasteiger partial charge in [0.05, 0.1) is 26.4 Å². The zero-order valence-corrected chi connectivity index (χ0v) is 10.8. The number of epoxide rings is 2. The van der Waals surface area contributed by atoms with Crippen molar-refractivity contribution in [2.45, 2.75) is 18.0 Å². The molecule has 0 spiro atoms. The van der Waals surface area contributed by atoms with Crippen LogP contribution in [0.3, 0.4) is 0 Å². The lowest BCUT2D eigenvalue weighted by Gasteiger charge is -2.21. The van der Waals surface area contributed by atoms with Crippen molar-refractivity contribution in [3.63, 3.8) is 0 Å². The summed E-state index contributed by atoms with van der Waals surface area (Å²) in [6, 6.07) is -0.715. The number of hydrogen-bond acceptors (Lipinski definition) is 7. The van der Waals surface area contributed by atoms with Crippen LogP contribution in [0.4, 0.5) is 4.79 Å². The van der Waals surface area contributed by atoms with E-state index in [9.17, 15) is 14.2 Å². The Labute approximate surface area is 108 Å². The largest absolute Gasteiger partial charge is 0.371 e. The van der Waals surface area contributed by atoms with Gasteiger partial charge in [0.1, 0.15) is 12.2 Å². The monoisotopic (exact) mass is 292 g/mol. The predicted molar refractivity (Wildman–Crippen MR) is 59.5 cm³/mol. The van der Waals surface area contributed by atoms with Crippen molar-refractivity contribution in [2.75, 3.05) is 26.4 Å². The molecule has 0 radical (unpaired) electrons. The van der Waals surface area contributed by atoms with E-state index in [1.807, 2.05) is 5.32 Å². The van der Waals surface area contributed by atoms with E-state index in [0.29, 0.717) is 13.2 Å². The Morgan fingerprint density at radius 2 is 1.68 bits per heavy atom. The molecule has 0 aromatic rings. The molecule has 3 fully saturated rings. The van der Waals surface area contributed by atoms with E-state index >= 15 is 0 Å². The molecule has 0 aliphatic carbocycles. The van der Waals surface area contributed by atoms with Gasteiger partial charge < -0.3 is 23.8 Å². The van der Waals surface area contributed by atoms with E-state index in [1.165, 1.54) is 0 Å². The number of nitrogens with one attached hydrogen (secondary N) is 2. The minimum absolute atomic E-state index is 0.0580. The summed E-state index contributed by atoms with van der Waals surface area (Å²) in [6.45, 7) is 1.16. The highest BCUT2D eigenvalue weighted by molar-refractivity contribution is 7.55. The Bertz CT molecular complexity index is 428. The lowest BCUT2D eigenvalue weighted by atomic mass is 10.5. The Kier molecular flexibility index (Phi) is 3.32. The minimum Gasteiger partial charge on any atom is -0.371 e. The van der Waals surface area contributed by atoms with Crippen LogP contribution in [0.2, 0.25) is 0 Å². The molecule has 19 heavy (non-hydrogen) atoms. The van der Waals surface area contributed by atoms with Crippen LogP contribution in [-0.2, 0) is 27.9 Å². The third kappa shape index (κ3) is 3.13. The Morgan fingerprint density at radius 1 is 1.16 bits per heavy atom. The molecular weight excluding hydrogens is 279 g/mol. The van der Waals surface area contributed by atoms with Gasteiger partial charge in [0, 0.05) is 0 Å². The number of rotatable bonds is 7. The van der Waals surface area contributed by atoms with Gasteiger partial charge in [-0.25, -0.2) is 4.79 Å². The van der Waals surface area contributed by atoms with Gasteiger partial charge in [-0.2, -0.15) is 0 Å². The van der Waals surface area contributed by atoms with Crippen LogP contribution in [0.15, 0.2) is 0 Å². The molecule has 0 bridgehead atoms. The standard InChI is InChI=1S/C9H13N2O7P/c12-7-8(11-9(13)10-7)19(14,17-3-5-1-15-5)18-4-6-2-16-6/h5-6,8H,1-4H2,(H2,10,11,12,13). The highest BCUT2D eigenvalue weighted by atomic mass is 31.2. The van der Waals surface area contributed by atoms with Crippen LogP contribution in [0, 0.1) is 0 Å². The molecule has 10 heteroatoms. The SMILES string of the molecule is O=C1NC(=O)C(P(=O)(OCC2CO2)OCC2CO2)N1. The highest BCUT2D eigenvalue weighted by Crippen LogP contribution is 2.53. The first-order chi connectivity index (χ1) is 9.07. The van der Waals surface area contributed by atoms with Gasteiger partial charge in [-0.3, -0.25) is 14.7 Å². The first kappa shape index (κ1) is 13.0. The molecule has 3 aliphatic rings. The maximum Gasteiger partial charge on any atom is 0.362 e. The van der Waals surface area contributed by atoms with E-state index in [-0.39, 0.29) is 25.4 Å². The molecule has 3 aliphatic heterocycles. The molecule has 3 saturated heterocycles. The highest BCUT2D eigenvalue weighted by Gasteiger charge is 2.48. The third-order valence-electron chi connectivity index (χ3n) is 2.75. The minimum atomic E-state index is -3.79. The maximum atomic E-state index is 12.6. The number of imide groups is 1. The number of amides is 3. The van der Waals surface area contributed by atoms with Crippen LogP contribution < -0.4 is 10.6 Å². The molecule has 0 saturated carbocycles. The molecule has 3 atom stereocenters. The van der Waals surface area contributed by atoms with Gasteiger partial charge in [0.2, 0.25) is 5.78 Å². The predicted octanol–water partition coefficient (Wildman–Crippen LogP) is -0.824. The molecule has 3 amide bonds. The van der Waals surface area contributed by atoms with Crippen molar-refractivity contribution < 1.29 is 32.7 Å². The van der Waals surface area contributed by atoms with Gasteiger partial charge >= 0.3 is 13.6 Å². The zero-order chi connectivity index (χ0) is 13.5. The summed E-state index contributed by atoms with van der Waals surface area (Å²) in [6.07, 6.45) is -0.261. The first-order valence-electron chi connectivity index (χ1n) is 5.80. The van der Waals surface area contributed by atoms with Gasteiger partial charge in [0.15, 0.2) is 0 Å².